The summed E-state index contributed by atoms with van der Waals surface area (Å²) in [4.78, 5) is 0. The summed E-state index contributed by atoms with van der Waals surface area (Å²) in [6, 6.07) is 0. The van der Waals surface area contributed by atoms with Crippen LogP contribution in [0, 0.1) is 52.3 Å². The van der Waals surface area contributed by atoms with Crippen LogP contribution in [0.4, 0.5) is 0 Å². The molecule has 4 fully saturated rings. The van der Waals surface area contributed by atoms with Gasteiger partial charge in [0.1, 0.15) is 24.4 Å². The highest BCUT2D eigenvalue weighted by Crippen LogP contribution is 2.67. The number of rotatable bonds is 8. The highest BCUT2D eigenvalue weighted by molar-refractivity contribution is 5.25. The number of ether oxygens (including phenoxy) is 2. The standard InChI is InChI=1S/C35H58O6/c1-7-22(20(2)3)9-8-21(4)26-12-13-27-25-11-10-23-18-24(14-16-34(23,5)28(25)15-17-35(26,27)6)40-33-32(39)31(38)30(37)29(19-36)41-33/h8-10,20-22,24-33,36-39H,7,11-19H2,1-6H3/b9-8+/t21-,22-,24-,25+,26-,27+,28+,29-,30-,31+,32-,33-,34+,35-/m1/s1. The molecule has 0 aromatic carbocycles. The molecule has 5 rings (SSSR count). The van der Waals surface area contributed by atoms with E-state index in [0.29, 0.717) is 29.1 Å². The van der Waals surface area contributed by atoms with Gasteiger partial charge in [0.25, 0.3) is 0 Å². The van der Waals surface area contributed by atoms with Crippen LogP contribution >= 0.6 is 0 Å². The Morgan fingerprint density at radius 2 is 1.73 bits per heavy atom. The monoisotopic (exact) mass is 574 g/mol. The van der Waals surface area contributed by atoms with Gasteiger partial charge in [-0.2, -0.15) is 0 Å². The first-order valence-corrected chi connectivity index (χ1v) is 16.8. The average Bonchev–Trinajstić information content (AvgIpc) is 3.30. The Labute approximate surface area is 248 Å². The molecule has 1 heterocycles. The van der Waals surface area contributed by atoms with Crippen LogP contribution in [0.15, 0.2) is 23.8 Å². The molecule has 0 aromatic heterocycles. The van der Waals surface area contributed by atoms with E-state index in [0.717, 1.165) is 43.4 Å². The smallest absolute Gasteiger partial charge is 0.186 e. The van der Waals surface area contributed by atoms with Crippen molar-refractivity contribution in [1.82, 2.24) is 0 Å². The maximum Gasteiger partial charge on any atom is 0.186 e. The zero-order valence-corrected chi connectivity index (χ0v) is 26.4. The van der Waals surface area contributed by atoms with Crippen molar-refractivity contribution in [3.05, 3.63) is 23.8 Å². The number of hydrogen-bond donors (Lipinski definition) is 4. The summed E-state index contributed by atoms with van der Waals surface area (Å²) in [7, 11) is 0. The van der Waals surface area contributed by atoms with Crippen LogP contribution in [-0.4, -0.2) is 63.8 Å². The van der Waals surface area contributed by atoms with Crippen molar-refractivity contribution in [2.24, 2.45) is 52.3 Å². The minimum absolute atomic E-state index is 0.109. The van der Waals surface area contributed by atoms with Crippen LogP contribution in [-0.2, 0) is 9.47 Å². The lowest BCUT2D eigenvalue weighted by atomic mass is 9.47. The van der Waals surface area contributed by atoms with Crippen molar-refractivity contribution in [3.8, 4) is 0 Å². The van der Waals surface area contributed by atoms with E-state index in [-0.39, 0.29) is 11.5 Å². The number of fused-ring (bicyclic) bond motifs is 5. The molecule has 0 amide bonds. The second-order valence-corrected chi connectivity index (χ2v) is 15.2. The molecule has 6 heteroatoms. The lowest BCUT2D eigenvalue weighted by Gasteiger charge is -2.58. The molecule has 4 aliphatic carbocycles. The van der Waals surface area contributed by atoms with Crippen LogP contribution in [0.25, 0.3) is 0 Å². The van der Waals surface area contributed by atoms with Crippen molar-refractivity contribution in [2.75, 3.05) is 6.61 Å². The predicted octanol–water partition coefficient (Wildman–Crippen LogP) is 5.63. The summed E-state index contributed by atoms with van der Waals surface area (Å²) in [5.74, 6) is 5.05. The van der Waals surface area contributed by atoms with Gasteiger partial charge in [-0.25, -0.2) is 0 Å². The summed E-state index contributed by atoms with van der Waals surface area (Å²) in [5.41, 5.74) is 2.11. The highest BCUT2D eigenvalue weighted by Gasteiger charge is 2.59. The molecule has 6 nitrogen and oxygen atoms in total. The van der Waals surface area contributed by atoms with Gasteiger partial charge in [-0.3, -0.25) is 0 Å². The fourth-order valence-corrected chi connectivity index (χ4v) is 10.3. The van der Waals surface area contributed by atoms with E-state index in [1.807, 2.05) is 0 Å². The average molecular weight is 575 g/mol. The first kappa shape index (κ1) is 31.7. The minimum atomic E-state index is -1.40. The molecule has 14 atom stereocenters. The van der Waals surface area contributed by atoms with Crippen LogP contribution < -0.4 is 0 Å². The molecule has 1 saturated heterocycles. The van der Waals surface area contributed by atoms with Crippen molar-refractivity contribution >= 4 is 0 Å². The topological polar surface area (TPSA) is 99.4 Å². The van der Waals surface area contributed by atoms with Crippen molar-refractivity contribution in [1.29, 1.82) is 0 Å². The lowest BCUT2D eigenvalue weighted by Crippen LogP contribution is -2.60. The Bertz CT molecular complexity index is 960. The van der Waals surface area contributed by atoms with E-state index < -0.39 is 37.3 Å². The molecule has 5 aliphatic rings. The summed E-state index contributed by atoms with van der Waals surface area (Å²) in [5, 5.41) is 40.4. The zero-order valence-electron chi connectivity index (χ0n) is 26.4. The molecular formula is C35H58O6. The highest BCUT2D eigenvalue weighted by atomic mass is 16.7. The molecule has 0 aromatic rings. The lowest BCUT2D eigenvalue weighted by molar-refractivity contribution is -0.313. The van der Waals surface area contributed by atoms with Gasteiger partial charge in [0.2, 0.25) is 0 Å². The van der Waals surface area contributed by atoms with Gasteiger partial charge in [-0.1, -0.05) is 65.3 Å². The fourth-order valence-electron chi connectivity index (χ4n) is 10.3. The number of aliphatic hydroxyl groups excluding tert-OH is 4. The van der Waals surface area contributed by atoms with Crippen molar-refractivity contribution in [3.63, 3.8) is 0 Å². The third-order valence-corrected chi connectivity index (χ3v) is 12.9. The SMILES string of the molecule is CC[C@H](/C=C/[C@@H](C)[C@H]1CC[C@H]2[C@@H]3CC=C4C[C@H](O[C@@H]5O[C@H](CO)[C@@H](O)[C@H](O)[C@H]5O)CC[C@]4(C)[C@H]3CC[C@]12C)C(C)C. The van der Waals surface area contributed by atoms with E-state index in [9.17, 15) is 20.4 Å². The molecule has 0 spiro atoms. The van der Waals surface area contributed by atoms with E-state index in [1.165, 1.54) is 37.7 Å². The van der Waals surface area contributed by atoms with Gasteiger partial charge in [-0.15, -0.1) is 0 Å². The van der Waals surface area contributed by atoms with Crippen LogP contribution in [0.2, 0.25) is 0 Å². The van der Waals surface area contributed by atoms with Crippen molar-refractivity contribution < 1.29 is 29.9 Å². The number of hydrogen-bond acceptors (Lipinski definition) is 6. The second-order valence-electron chi connectivity index (χ2n) is 15.2. The van der Waals surface area contributed by atoms with Gasteiger partial charge in [0.15, 0.2) is 6.29 Å². The van der Waals surface area contributed by atoms with Crippen molar-refractivity contribution in [2.45, 2.75) is 136 Å². The predicted molar refractivity (Wildman–Crippen MR) is 161 cm³/mol. The molecular weight excluding hydrogens is 516 g/mol. The third kappa shape index (κ3) is 5.64. The molecule has 4 N–H and O–H groups in total. The molecule has 0 radical (unpaired) electrons. The van der Waals surface area contributed by atoms with Gasteiger partial charge >= 0.3 is 0 Å². The largest absolute Gasteiger partial charge is 0.394 e. The van der Waals surface area contributed by atoms with E-state index in [2.05, 4.69) is 59.8 Å². The zero-order chi connectivity index (χ0) is 29.7. The van der Waals surface area contributed by atoms with Crippen LogP contribution in [0.1, 0.15) is 99.3 Å². The summed E-state index contributed by atoms with van der Waals surface area (Å²) in [6.07, 6.45) is 11.9. The van der Waals surface area contributed by atoms with Gasteiger partial charge in [-0.05, 0) is 110 Å². The molecule has 41 heavy (non-hydrogen) atoms. The summed E-state index contributed by atoms with van der Waals surface area (Å²) in [6.45, 7) is 14.2. The Hall–Kier alpha value is -0.760. The Morgan fingerprint density at radius 3 is 2.41 bits per heavy atom. The maximum atomic E-state index is 10.5. The second kappa shape index (κ2) is 12.3. The van der Waals surface area contributed by atoms with E-state index in [1.54, 1.807) is 0 Å². The molecule has 1 aliphatic heterocycles. The van der Waals surface area contributed by atoms with Crippen LogP contribution in [0.3, 0.4) is 0 Å². The first-order valence-electron chi connectivity index (χ1n) is 16.8. The Balaban J connectivity index is 1.26. The Morgan fingerprint density at radius 1 is 0.976 bits per heavy atom. The van der Waals surface area contributed by atoms with Gasteiger partial charge in [0.05, 0.1) is 12.7 Å². The number of aliphatic hydroxyl groups is 4. The molecule has 0 unspecified atom stereocenters. The van der Waals surface area contributed by atoms with E-state index in [4.69, 9.17) is 9.47 Å². The van der Waals surface area contributed by atoms with Gasteiger partial charge < -0.3 is 29.9 Å². The fraction of sp³-hybridized carbons (Fsp3) is 0.886. The summed E-state index contributed by atoms with van der Waals surface area (Å²) < 4.78 is 11.9. The van der Waals surface area contributed by atoms with E-state index >= 15 is 0 Å². The first-order chi connectivity index (χ1) is 19.4. The molecule has 3 saturated carbocycles. The number of allylic oxidation sites excluding steroid dienone is 3. The molecule has 234 valence electrons. The molecule has 0 bridgehead atoms. The van der Waals surface area contributed by atoms with Gasteiger partial charge in [0, 0.05) is 0 Å². The summed E-state index contributed by atoms with van der Waals surface area (Å²) >= 11 is 0. The normalized spacial score (nSPS) is 47.9. The Kier molecular flexibility index (Phi) is 9.51. The van der Waals surface area contributed by atoms with Crippen LogP contribution in [0.5, 0.6) is 0 Å². The minimum Gasteiger partial charge on any atom is -0.394 e. The maximum absolute atomic E-state index is 10.5. The third-order valence-electron chi connectivity index (χ3n) is 12.9. The quantitative estimate of drug-likeness (QED) is 0.281.